The molecule has 25 heavy (non-hydrogen) atoms. The van der Waals surface area contributed by atoms with Gasteiger partial charge in [-0.15, -0.1) is 11.3 Å². The molecule has 4 nitrogen and oxygen atoms in total. The molecule has 1 saturated heterocycles. The van der Waals surface area contributed by atoms with E-state index in [1.165, 1.54) is 32.1 Å². The van der Waals surface area contributed by atoms with Gasteiger partial charge in [-0.1, -0.05) is 38.2 Å². The Kier molecular flexibility index (Phi) is 6.91. The van der Waals surface area contributed by atoms with Crippen LogP contribution in [-0.4, -0.2) is 35.8 Å². The second-order valence-corrected chi connectivity index (χ2v) is 8.55. The molecule has 2 amide bonds. The van der Waals surface area contributed by atoms with E-state index in [0.717, 1.165) is 43.1 Å². The molecular formula is C20H30N2O2S. The van der Waals surface area contributed by atoms with Crippen molar-refractivity contribution >= 4 is 23.2 Å². The summed E-state index contributed by atoms with van der Waals surface area (Å²) >= 11 is 1.64. The zero-order valence-corrected chi connectivity index (χ0v) is 15.9. The number of hydrogen-bond acceptors (Lipinski definition) is 3. The van der Waals surface area contributed by atoms with Gasteiger partial charge < -0.3 is 10.2 Å². The van der Waals surface area contributed by atoms with Crippen LogP contribution in [0.1, 0.15) is 62.7 Å². The monoisotopic (exact) mass is 362 g/mol. The molecule has 2 heterocycles. The van der Waals surface area contributed by atoms with Crippen molar-refractivity contribution in [3.05, 3.63) is 22.4 Å². The van der Waals surface area contributed by atoms with Crippen molar-refractivity contribution in [2.75, 3.05) is 13.1 Å². The number of likely N-dealkylation sites (tertiary alicyclic amines) is 1. The van der Waals surface area contributed by atoms with Gasteiger partial charge in [0, 0.05) is 30.4 Å². The van der Waals surface area contributed by atoms with Crippen molar-refractivity contribution in [3.8, 4) is 0 Å². The molecular weight excluding hydrogens is 332 g/mol. The van der Waals surface area contributed by atoms with Crippen LogP contribution in [0.5, 0.6) is 0 Å². The number of nitrogens with one attached hydrogen (secondary N) is 1. The zero-order chi connectivity index (χ0) is 17.5. The Labute approximate surface area is 155 Å². The average molecular weight is 363 g/mol. The summed E-state index contributed by atoms with van der Waals surface area (Å²) in [5.41, 5.74) is 0. The summed E-state index contributed by atoms with van der Waals surface area (Å²) in [5, 5.41) is 5.20. The number of rotatable bonds is 6. The third kappa shape index (κ3) is 5.84. The first kappa shape index (κ1) is 18.4. The molecule has 1 saturated carbocycles. The average Bonchev–Trinajstić information content (AvgIpc) is 3.14. The molecule has 138 valence electrons. The number of carbonyl (C=O) groups is 2. The number of amides is 2. The van der Waals surface area contributed by atoms with Crippen molar-refractivity contribution in [1.82, 2.24) is 10.2 Å². The van der Waals surface area contributed by atoms with E-state index in [4.69, 9.17) is 0 Å². The minimum atomic E-state index is 0.203. The maximum Gasteiger partial charge on any atom is 0.227 e. The van der Waals surface area contributed by atoms with Crippen LogP contribution in [0.25, 0.3) is 0 Å². The lowest BCUT2D eigenvalue weighted by molar-refractivity contribution is -0.131. The highest BCUT2D eigenvalue weighted by Gasteiger charge is 2.24. The van der Waals surface area contributed by atoms with Gasteiger partial charge in [0.15, 0.2) is 0 Å². The fourth-order valence-corrected chi connectivity index (χ4v) is 4.75. The summed E-state index contributed by atoms with van der Waals surface area (Å²) in [4.78, 5) is 27.6. The summed E-state index contributed by atoms with van der Waals surface area (Å²) in [5.74, 6) is 1.18. The highest BCUT2D eigenvalue weighted by molar-refractivity contribution is 7.10. The second kappa shape index (κ2) is 9.37. The molecule has 0 atom stereocenters. The Morgan fingerprint density at radius 2 is 1.88 bits per heavy atom. The smallest absolute Gasteiger partial charge is 0.227 e. The van der Waals surface area contributed by atoms with Crippen molar-refractivity contribution in [2.45, 2.75) is 70.3 Å². The SMILES string of the molecule is O=C(CCC1CCCCC1)NC1CCN(C(=O)Cc2cccs2)CC1. The van der Waals surface area contributed by atoms with E-state index >= 15 is 0 Å². The van der Waals surface area contributed by atoms with Gasteiger partial charge in [0.2, 0.25) is 11.8 Å². The first-order valence-corrected chi connectivity index (χ1v) is 10.7. The van der Waals surface area contributed by atoms with Crippen LogP contribution in [0.3, 0.4) is 0 Å². The van der Waals surface area contributed by atoms with Crippen LogP contribution in [0, 0.1) is 5.92 Å². The molecule has 2 aliphatic rings. The maximum atomic E-state index is 12.3. The van der Waals surface area contributed by atoms with Gasteiger partial charge in [-0.3, -0.25) is 9.59 Å². The van der Waals surface area contributed by atoms with Crippen LogP contribution in [-0.2, 0) is 16.0 Å². The molecule has 0 radical (unpaired) electrons. The Morgan fingerprint density at radius 1 is 1.12 bits per heavy atom. The van der Waals surface area contributed by atoms with E-state index in [9.17, 15) is 9.59 Å². The lowest BCUT2D eigenvalue weighted by atomic mass is 9.86. The third-order valence-electron chi connectivity index (χ3n) is 5.62. The predicted molar refractivity (Wildman–Crippen MR) is 102 cm³/mol. The minimum absolute atomic E-state index is 0.203. The van der Waals surface area contributed by atoms with Crippen LogP contribution < -0.4 is 5.32 Å². The lowest BCUT2D eigenvalue weighted by Crippen LogP contribution is -2.46. The second-order valence-electron chi connectivity index (χ2n) is 7.52. The van der Waals surface area contributed by atoms with Crippen molar-refractivity contribution in [1.29, 1.82) is 0 Å². The first-order chi connectivity index (χ1) is 12.2. The number of thiophene rings is 1. The fraction of sp³-hybridized carbons (Fsp3) is 0.700. The van der Waals surface area contributed by atoms with Crippen LogP contribution in [0.4, 0.5) is 0 Å². The molecule has 1 aliphatic carbocycles. The highest BCUT2D eigenvalue weighted by Crippen LogP contribution is 2.27. The molecule has 2 fully saturated rings. The summed E-state index contributed by atoms with van der Waals surface area (Å²) in [6, 6.07) is 4.24. The van der Waals surface area contributed by atoms with Crippen LogP contribution >= 0.6 is 11.3 Å². The molecule has 1 aliphatic heterocycles. The summed E-state index contributed by atoms with van der Waals surface area (Å²) in [7, 11) is 0. The Bertz CT molecular complexity index is 544. The molecule has 0 aromatic carbocycles. The first-order valence-electron chi connectivity index (χ1n) is 9.80. The van der Waals surface area contributed by atoms with Gasteiger partial charge in [0.25, 0.3) is 0 Å². The molecule has 1 N–H and O–H groups in total. The Balaban J connectivity index is 1.33. The quantitative estimate of drug-likeness (QED) is 0.838. The molecule has 3 rings (SSSR count). The number of hydrogen-bond donors (Lipinski definition) is 1. The van der Waals surface area contributed by atoms with Crippen molar-refractivity contribution in [3.63, 3.8) is 0 Å². The van der Waals surface area contributed by atoms with Gasteiger partial charge in [-0.2, -0.15) is 0 Å². The number of carbonyl (C=O) groups excluding carboxylic acids is 2. The summed E-state index contributed by atoms with van der Waals surface area (Å²) < 4.78 is 0. The van der Waals surface area contributed by atoms with E-state index < -0.39 is 0 Å². The highest BCUT2D eigenvalue weighted by atomic mass is 32.1. The van der Waals surface area contributed by atoms with E-state index in [0.29, 0.717) is 12.8 Å². The van der Waals surface area contributed by atoms with Crippen LogP contribution in [0.2, 0.25) is 0 Å². The Hall–Kier alpha value is -1.36. The molecule has 0 bridgehead atoms. The van der Waals surface area contributed by atoms with Gasteiger partial charge in [0.05, 0.1) is 6.42 Å². The molecule has 1 aromatic heterocycles. The van der Waals surface area contributed by atoms with Crippen LogP contribution in [0.15, 0.2) is 17.5 Å². The maximum absolute atomic E-state index is 12.3. The summed E-state index contributed by atoms with van der Waals surface area (Å²) in [6.45, 7) is 1.52. The summed E-state index contributed by atoms with van der Waals surface area (Å²) in [6.07, 6.45) is 10.6. The van der Waals surface area contributed by atoms with E-state index in [2.05, 4.69) is 5.32 Å². The largest absolute Gasteiger partial charge is 0.353 e. The van der Waals surface area contributed by atoms with Gasteiger partial charge in [-0.05, 0) is 36.6 Å². The number of nitrogens with zero attached hydrogens (tertiary/aromatic N) is 1. The van der Waals surface area contributed by atoms with Gasteiger partial charge in [-0.25, -0.2) is 0 Å². The van der Waals surface area contributed by atoms with E-state index in [1.807, 2.05) is 22.4 Å². The Morgan fingerprint density at radius 3 is 2.56 bits per heavy atom. The molecule has 0 unspecified atom stereocenters. The van der Waals surface area contributed by atoms with E-state index in [1.54, 1.807) is 11.3 Å². The standard InChI is InChI=1S/C20H30N2O2S/c23-19(9-8-16-5-2-1-3-6-16)21-17-10-12-22(13-11-17)20(24)15-18-7-4-14-25-18/h4,7,14,16-17H,1-3,5-6,8-13,15H2,(H,21,23). The fourth-order valence-electron chi connectivity index (χ4n) is 4.06. The normalized spacial score (nSPS) is 19.8. The van der Waals surface area contributed by atoms with Gasteiger partial charge in [0.1, 0.15) is 0 Å². The van der Waals surface area contributed by atoms with E-state index in [-0.39, 0.29) is 17.9 Å². The van der Waals surface area contributed by atoms with Crippen molar-refractivity contribution in [2.24, 2.45) is 5.92 Å². The third-order valence-corrected chi connectivity index (χ3v) is 6.50. The molecule has 0 spiro atoms. The lowest BCUT2D eigenvalue weighted by Gasteiger charge is -2.32. The minimum Gasteiger partial charge on any atom is -0.353 e. The predicted octanol–water partition coefficient (Wildman–Crippen LogP) is 3.76. The van der Waals surface area contributed by atoms with Gasteiger partial charge >= 0.3 is 0 Å². The topological polar surface area (TPSA) is 49.4 Å². The molecule has 1 aromatic rings. The molecule has 5 heteroatoms. The number of piperidine rings is 1. The van der Waals surface area contributed by atoms with Crippen molar-refractivity contribution < 1.29 is 9.59 Å². The zero-order valence-electron chi connectivity index (χ0n) is 15.0.